The van der Waals surface area contributed by atoms with E-state index in [9.17, 15) is 23.3 Å². The maximum absolute atomic E-state index is 11.6. The van der Waals surface area contributed by atoms with Gasteiger partial charge in [-0.3, -0.25) is 19.5 Å². The zero-order chi connectivity index (χ0) is 15.1. The minimum atomic E-state index is -4.79. The lowest BCUT2D eigenvalue weighted by atomic mass is 10.2. The molecule has 1 aromatic carbocycles. The van der Waals surface area contributed by atoms with Crippen LogP contribution in [0.1, 0.15) is 13.3 Å². The molecule has 1 heterocycles. The molecule has 2 rings (SSSR count). The van der Waals surface area contributed by atoms with E-state index in [1.807, 2.05) is 0 Å². The summed E-state index contributed by atoms with van der Waals surface area (Å²) in [7, 11) is -4.79. The molecule has 1 N–H and O–H groups in total. The van der Waals surface area contributed by atoms with Crippen molar-refractivity contribution in [3.05, 3.63) is 28.3 Å². The minimum Gasteiger partial charge on any atom is -0.282 e. The molecule has 0 fully saturated rings. The third-order valence-electron chi connectivity index (χ3n) is 2.58. The predicted molar refractivity (Wildman–Crippen MR) is 68.1 cm³/mol. The first-order valence-corrected chi connectivity index (χ1v) is 6.77. The van der Waals surface area contributed by atoms with Crippen LogP contribution < -0.4 is 5.01 Å². The Hall–Kier alpha value is -2.33. The average Bonchev–Trinajstić information content (AvgIpc) is 2.66. The van der Waals surface area contributed by atoms with Crippen LogP contribution in [0.3, 0.4) is 0 Å². The van der Waals surface area contributed by atoms with E-state index in [4.69, 9.17) is 4.55 Å². The fourth-order valence-corrected chi connectivity index (χ4v) is 2.43. The second-order valence-corrected chi connectivity index (χ2v) is 5.49. The van der Waals surface area contributed by atoms with Gasteiger partial charge < -0.3 is 0 Å². The van der Waals surface area contributed by atoms with Gasteiger partial charge in [0.05, 0.1) is 17.0 Å². The fraction of sp³-hybridized carbons (Fsp3) is 0.200. The molecule has 0 unspecified atom stereocenters. The van der Waals surface area contributed by atoms with Crippen molar-refractivity contribution in [3.63, 3.8) is 0 Å². The third kappa shape index (κ3) is 2.51. The van der Waals surface area contributed by atoms with Gasteiger partial charge in [-0.15, -0.1) is 0 Å². The summed E-state index contributed by atoms with van der Waals surface area (Å²) in [6.45, 7) is 1.62. The molecule has 0 atom stereocenters. The lowest BCUT2D eigenvalue weighted by Crippen LogP contribution is -2.20. The van der Waals surface area contributed by atoms with Gasteiger partial charge in [0.2, 0.25) is 0 Å². The number of nitro groups is 1. The number of hydrogen-bond donors (Lipinski definition) is 1. The summed E-state index contributed by atoms with van der Waals surface area (Å²) in [5.74, 6) is -0.391. The van der Waals surface area contributed by atoms with E-state index in [0.717, 1.165) is 17.1 Å². The maximum atomic E-state index is 11.6. The number of benzene rings is 1. The van der Waals surface area contributed by atoms with Crippen LogP contribution in [0.15, 0.2) is 28.2 Å². The van der Waals surface area contributed by atoms with Crippen LogP contribution in [-0.2, 0) is 14.9 Å². The van der Waals surface area contributed by atoms with Crippen molar-refractivity contribution in [3.8, 4) is 0 Å². The number of nitrogens with zero attached hydrogens (tertiary/aromatic N) is 3. The lowest BCUT2D eigenvalue weighted by molar-refractivity contribution is -0.387. The maximum Gasteiger partial charge on any atom is 0.301 e. The number of carbonyl (C=O) groups is 1. The summed E-state index contributed by atoms with van der Waals surface area (Å²) in [5, 5.41) is 15.6. The Morgan fingerprint density at radius 1 is 1.45 bits per heavy atom. The molecule has 0 radical (unpaired) electrons. The zero-order valence-corrected chi connectivity index (χ0v) is 11.0. The van der Waals surface area contributed by atoms with Crippen LogP contribution in [0.5, 0.6) is 0 Å². The smallest absolute Gasteiger partial charge is 0.282 e. The van der Waals surface area contributed by atoms with Gasteiger partial charge in [0, 0.05) is 11.8 Å². The molecule has 1 aromatic rings. The highest BCUT2D eigenvalue weighted by atomic mass is 32.2. The Balaban J connectivity index is 2.59. The van der Waals surface area contributed by atoms with Crippen LogP contribution in [0.4, 0.5) is 11.4 Å². The SMILES string of the molecule is CC1=NN(c2ccc([N+](=O)[O-])c(S(=O)(=O)O)c2)C(=O)C1. The van der Waals surface area contributed by atoms with Gasteiger partial charge in [0.15, 0.2) is 4.90 Å². The molecular weight excluding hydrogens is 290 g/mol. The van der Waals surface area contributed by atoms with Crippen molar-refractivity contribution in [1.29, 1.82) is 0 Å². The first-order chi connectivity index (χ1) is 9.20. The molecular formula is C10H9N3O6S. The number of anilines is 1. The van der Waals surface area contributed by atoms with Gasteiger partial charge in [0.25, 0.3) is 11.6 Å². The van der Waals surface area contributed by atoms with Crippen molar-refractivity contribution < 1.29 is 22.7 Å². The van der Waals surface area contributed by atoms with Crippen molar-refractivity contribution in [2.75, 3.05) is 5.01 Å². The van der Waals surface area contributed by atoms with E-state index in [1.165, 1.54) is 6.07 Å². The molecule has 106 valence electrons. The molecule has 0 saturated carbocycles. The molecule has 1 aliphatic heterocycles. The molecule has 10 heteroatoms. The van der Waals surface area contributed by atoms with Crippen LogP contribution in [-0.4, -0.2) is 29.5 Å². The van der Waals surface area contributed by atoms with Gasteiger partial charge in [0.1, 0.15) is 0 Å². The summed E-state index contributed by atoms with van der Waals surface area (Å²) in [4.78, 5) is 20.6. The van der Waals surface area contributed by atoms with E-state index in [-0.39, 0.29) is 12.1 Å². The quantitative estimate of drug-likeness (QED) is 0.502. The summed E-state index contributed by atoms with van der Waals surface area (Å²) in [6, 6.07) is 2.93. The van der Waals surface area contributed by atoms with Crippen molar-refractivity contribution in [1.82, 2.24) is 0 Å². The van der Waals surface area contributed by atoms with Gasteiger partial charge in [-0.05, 0) is 19.1 Å². The number of amides is 1. The Bertz CT molecular complexity index is 739. The highest BCUT2D eigenvalue weighted by Crippen LogP contribution is 2.30. The molecule has 9 nitrogen and oxygen atoms in total. The van der Waals surface area contributed by atoms with E-state index < -0.39 is 31.5 Å². The number of rotatable bonds is 3. The highest BCUT2D eigenvalue weighted by molar-refractivity contribution is 7.86. The first-order valence-electron chi connectivity index (χ1n) is 5.33. The van der Waals surface area contributed by atoms with E-state index in [0.29, 0.717) is 5.71 Å². The topological polar surface area (TPSA) is 130 Å². The average molecular weight is 299 g/mol. The van der Waals surface area contributed by atoms with Crippen molar-refractivity contribution in [2.24, 2.45) is 5.10 Å². The second kappa shape index (κ2) is 4.65. The lowest BCUT2D eigenvalue weighted by Gasteiger charge is -2.12. The molecule has 0 aromatic heterocycles. The van der Waals surface area contributed by atoms with Gasteiger partial charge in [-0.1, -0.05) is 0 Å². The predicted octanol–water partition coefficient (Wildman–Crippen LogP) is 0.954. The molecule has 0 aliphatic carbocycles. The van der Waals surface area contributed by atoms with Crippen molar-refractivity contribution in [2.45, 2.75) is 18.2 Å². The van der Waals surface area contributed by atoms with E-state index in [1.54, 1.807) is 6.92 Å². The molecule has 1 amide bonds. The van der Waals surface area contributed by atoms with E-state index in [2.05, 4.69) is 5.10 Å². The van der Waals surface area contributed by atoms with Crippen molar-refractivity contribution >= 4 is 33.1 Å². The molecule has 0 bridgehead atoms. The summed E-state index contributed by atoms with van der Waals surface area (Å²) in [5.41, 5.74) is -0.213. The Morgan fingerprint density at radius 2 is 2.10 bits per heavy atom. The second-order valence-electron chi connectivity index (χ2n) is 4.10. The van der Waals surface area contributed by atoms with Gasteiger partial charge in [-0.2, -0.15) is 13.5 Å². The number of carbonyl (C=O) groups excluding carboxylic acids is 1. The molecule has 0 saturated heterocycles. The molecule has 20 heavy (non-hydrogen) atoms. The minimum absolute atomic E-state index is 0.0325. The summed E-state index contributed by atoms with van der Waals surface area (Å²) < 4.78 is 31.4. The van der Waals surface area contributed by atoms with Crippen LogP contribution >= 0.6 is 0 Å². The van der Waals surface area contributed by atoms with Gasteiger partial charge in [-0.25, -0.2) is 5.01 Å². The molecule has 0 spiro atoms. The van der Waals surface area contributed by atoms with Crippen LogP contribution in [0.2, 0.25) is 0 Å². The highest BCUT2D eigenvalue weighted by Gasteiger charge is 2.28. The van der Waals surface area contributed by atoms with Crippen LogP contribution in [0, 0.1) is 10.1 Å². The number of nitro benzene ring substituents is 1. The largest absolute Gasteiger partial charge is 0.301 e. The summed E-state index contributed by atoms with van der Waals surface area (Å²) >= 11 is 0. The third-order valence-corrected chi connectivity index (χ3v) is 3.46. The Labute approximate surface area is 113 Å². The molecule has 1 aliphatic rings. The zero-order valence-electron chi connectivity index (χ0n) is 10.2. The standard InChI is InChI=1S/C10H9N3O6S/c1-6-4-10(14)12(11-6)7-2-3-8(13(15)16)9(5-7)20(17,18)19/h2-3,5H,4H2,1H3,(H,17,18,19). The van der Waals surface area contributed by atoms with Gasteiger partial charge >= 0.3 is 10.1 Å². The van der Waals surface area contributed by atoms with Crippen LogP contribution in [0.25, 0.3) is 0 Å². The fourth-order valence-electron chi connectivity index (χ4n) is 1.75. The number of hydrogen-bond acceptors (Lipinski definition) is 6. The number of hydrazone groups is 1. The normalized spacial score (nSPS) is 15.4. The summed E-state index contributed by atoms with van der Waals surface area (Å²) in [6.07, 6.45) is 0.0815. The monoisotopic (exact) mass is 299 g/mol. The Morgan fingerprint density at radius 3 is 2.55 bits per heavy atom. The Kier molecular flexibility index (Phi) is 3.28. The first kappa shape index (κ1) is 14.1. The van der Waals surface area contributed by atoms with E-state index >= 15 is 0 Å².